The number of nitrogens with one attached hydrogen (secondary N) is 1. The molecule has 2 aromatic heterocycles. The topological polar surface area (TPSA) is 89.6 Å². The van der Waals surface area contributed by atoms with Gasteiger partial charge in [-0.2, -0.15) is 0 Å². The second-order valence-electron chi connectivity index (χ2n) is 3.91. The number of nitrogens with zero attached hydrogens (tertiary/aromatic N) is 3. The largest absolute Gasteiger partial charge is 0.343 e. The number of aromatic nitrogens is 4. The van der Waals surface area contributed by atoms with E-state index in [4.69, 9.17) is 5.73 Å². The fraction of sp³-hybridized carbons (Fsp3) is 0.364. The standard InChI is InChI=1S/C11H15N5OS/c1-3-8(12)9-5-4-7(6-13-9)18-11-15-14-10(17)16(11)2/h4-6,8H,3,12H2,1-2H3,(H,14,17)/t8-/m0/s1. The number of hydrogen-bond donors (Lipinski definition) is 2. The van der Waals surface area contributed by atoms with Gasteiger partial charge in [-0.05, 0) is 30.3 Å². The van der Waals surface area contributed by atoms with E-state index < -0.39 is 0 Å². The SMILES string of the molecule is CC[C@H](N)c1ccc(Sc2n[nH]c(=O)n2C)cn1. The summed E-state index contributed by atoms with van der Waals surface area (Å²) in [5.74, 6) is 0. The number of nitrogens with two attached hydrogens (primary N) is 1. The van der Waals surface area contributed by atoms with Crippen molar-refractivity contribution in [1.82, 2.24) is 19.7 Å². The summed E-state index contributed by atoms with van der Waals surface area (Å²) in [6.45, 7) is 2.02. The van der Waals surface area contributed by atoms with E-state index in [0.29, 0.717) is 5.16 Å². The van der Waals surface area contributed by atoms with E-state index in [9.17, 15) is 4.79 Å². The number of pyridine rings is 1. The minimum Gasteiger partial charge on any atom is -0.323 e. The first-order chi connectivity index (χ1) is 8.61. The normalized spacial score (nSPS) is 12.6. The lowest BCUT2D eigenvalue weighted by Gasteiger charge is -2.08. The monoisotopic (exact) mass is 265 g/mol. The molecule has 0 spiro atoms. The molecule has 0 unspecified atom stereocenters. The Hall–Kier alpha value is -1.60. The van der Waals surface area contributed by atoms with Crippen LogP contribution in [0.3, 0.4) is 0 Å². The summed E-state index contributed by atoms with van der Waals surface area (Å²) in [5.41, 5.74) is 6.54. The first kappa shape index (κ1) is 12.8. The Balaban J connectivity index is 2.16. The molecule has 0 bridgehead atoms. The summed E-state index contributed by atoms with van der Waals surface area (Å²) in [6, 6.07) is 3.81. The molecule has 0 radical (unpaired) electrons. The van der Waals surface area contributed by atoms with Gasteiger partial charge in [0, 0.05) is 24.2 Å². The molecule has 0 amide bonds. The van der Waals surface area contributed by atoms with Crippen molar-refractivity contribution in [2.75, 3.05) is 0 Å². The van der Waals surface area contributed by atoms with Crippen LogP contribution in [0.2, 0.25) is 0 Å². The minimum atomic E-state index is -0.227. The smallest absolute Gasteiger partial charge is 0.323 e. The quantitative estimate of drug-likeness (QED) is 0.863. The van der Waals surface area contributed by atoms with Crippen LogP contribution in [0, 0.1) is 0 Å². The van der Waals surface area contributed by atoms with Gasteiger partial charge in [-0.1, -0.05) is 6.92 Å². The first-order valence-corrected chi connectivity index (χ1v) is 6.44. The van der Waals surface area contributed by atoms with Gasteiger partial charge in [0.15, 0.2) is 5.16 Å². The summed E-state index contributed by atoms with van der Waals surface area (Å²) in [4.78, 5) is 16.4. The Morgan fingerprint density at radius 1 is 1.56 bits per heavy atom. The van der Waals surface area contributed by atoms with Crippen LogP contribution >= 0.6 is 11.8 Å². The molecule has 6 nitrogen and oxygen atoms in total. The third kappa shape index (κ3) is 2.62. The molecule has 96 valence electrons. The van der Waals surface area contributed by atoms with Crippen molar-refractivity contribution in [1.29, 1.82) is 0 Å². The van der Waals surface area contributed by atoms with Crippen LogP contribution in [0.1, 0.15) is 25.1 Å². The number of aromatic amines is 1. The Morgan fingerprint density at radius 2 is 2.33 bits per heavy atom. The average Bonchev–Trinajstić information content (AvgIpc) is 2.71. The Kier molecular flexibility index (Phi) is 3.83. The van der Waals surface area contributed by atoms with Crippen LogP contribution in [-0.2, 0) is 7.05 Å². The fourth-order valence-corrected chi connectivity index (χ4v) is 2.17. The fourth-order valence-electron chi connectivity index (χ4n) is 1.41. The Labute approximate surface area is 109 Å². The number of hydrogen-bond acceptors (Lipinski definition) is 5. The zero-order valence-corrected chi connectivity index (χ0v) is 11.1. The highest BCUT2D eigenvalue weighted by Gasteiger charge is 2.08. The predicted octanol–water partition coefficient (Wildman–Crippen LogP) is 1.06. The summed E-state index contributed by atoms with van der Waals surface area (Å²) in [5, 5.41) is 6.92. The molecule has 2 rings (SSSR count). The van der Waals surface area contributed by atoms with E-state index in [2.05, 4.69) is 15.2 Å². The van der Waals surface area contributed by atoms with E-state index in [1.165, 1.54) is 16.3 Å². The molecule has 0 saturated carbocycles. The maximum absolute atomic E-state index is 11.2. The molecule has 3 N–H and O–H groups in total. The van der Waals surface area contributed by atoms with Gasteiger partial charge < -0.3 is 5.73 Å². The molecule has 7 heteroatoms. The van der Waals surface area contributed by atoms with E-state index in [1.54, 1.807) is 13.2 Å². The van der Waals surface area contributed by atoms with Crippen LogP contribution in [0.5, 0.6) is 0 Å². The van der Waals surface area contributed by atoms with Crippen molar-refractivity contribution < 1.29 is 0 Å². The minimum absolute atomic E-state index is 0.0289. The number of rotatable bonds is 4. The third-order valence-corrected chi connectivity index (χ3v) is 3.65. The molecular weight excluding hydrogens is 250 g/mol. The van der Waals surface area contributed by atoms with Gasteiger partial charge >= 0.3 is 5.69 Å². The molecule has 2 aromatic rings. The van der Waals surface area contributed by atoms with Gasteiger partial charge in [-0.3, -0.25) is 9.55 Å². The molecule has 0 aliphatic rings. The molecule has 0 saturated heterocycles. The Bertz CT molecular complexity index is 574. The first-order valence-electron chi connectivity index (χ1n) is 5.62. The maximum Gasteiger partial charge on any atom is 0.343 e. The van der Waals surface area contributed by atoms with Gasteiger partial charge in [0.25, 0.3) is 0 Å². The van der Waals surface area contributed by atoms with Crippen molar-refractivity contribution in [3.05, 3.63) is 34.5 Å². The number of H-pyrrole nitrogens is 1. The zero-order chi connectivity index (χ0) is 13.1. The third-order valence-electron chi connectivity index (χ3n) is 2.63. The molecular formula is C11H15N5OS. The molecule has 0 aromatic carbocycles. The molecule has 18 heavy (non-hydrogen) atoms. The molecule has 1 atom stereocenters. The van der Waals surface area contributed by atoms with Crippen molar-refractivity contribution >= 4 is 11.8 Å². The highest BCUT2D eigenvalue weighted by molar-refractivity contribution is 7.99. The van der Waals surface area contributed by atoms with Crippen LogP contribution in [0.4, 0.5) is 0 Å². The summed E-state index contributed by atoms with van der Waals surface area (Å²) < 4.78 is 1.45. The average molecular weight is 265 g/mol. The van der Waals surface area contributed by atoms with Crippen LogP contribution in [-0.4, -0.2) is 19.7 Å². The molecule has 2 heterocycles. The highest BCUT2D eigenvalue weighted by atomic mass is 32.2. The van der Waals surface area contributed by atoms with Crippen molar-refractivity contribution in [3.63, 3.8) is 0 Å². The Morgan fingerprint density at radius 3 is 2.83 bits per heavy atom. The van der Waals surface area contributed by atoms with Crippen LogP contribution in [0.15, 0.2) is 33.2 Å². The van der Waals surface area contributed by atoms with E-state index in [0.717, 1.165) is 17.0 Å². The van der Waals surface area contributed by atoms with Crippen molar-refractivity contribution in [3.8, 4) is 0 Å². The zero-order valence-electron chi connectivity index (χ0n) is 10.3. The van der Waals surface area contributed by atoms with Gasteiger partial charge in [0.05, 0.1) is 5.69 Å². The van der Waals surface area contributed by atoms with E-state index in [-0.39, 0.29) is 11.7 Å². The van der Waals surface area contributed by atoms with Gasteiger partial charge in [-0.25, -0.2) is 9.89 Å². The lowest BCUT2D eigenvalue weighted by atomic mass is 10.1. The van der Waals surface area contributed by atoms with Gasteiger partial charge in [-0.15, -0.1) is 5.10 Å². The van der Waals surface area contributed by atoms with E-state index >= 15 is 0 Å². The lowest BCUT2D eigenvalue weighted by Crippen LogP contribution is -2.12. The van der Waals surface area contributed by atoms with Crippen molar-refractivity contribution in [2.24, 2.45) is 12.8 Å². The summed E-state index contributed by atoms with van der Waals surface area (Å²) >= 11 is 1.38. The predicted molar refractivity (Wildman–Crippen MR) is 69.4 cm³/mol. The van der Waals surface area contributed by atoms with Crippen LogP contribution < -0.4 is 11.4 Å². The molecule has 0 aliphatic carbocycles. The lowest BCUT2D eigenvalue weighted by molar-refractivity contribution is 0.674. The second-order valence-corrected chi connectivity index (χ2v) is 4.95. The highest BCUT2D eigenvalue weighted by Crippen LogP contribution is 2.24. The summed E-state index contributed by atoms with van der Waals surface area (Å²) in [6.07, 6.45) is 2.60. The van der Waals surface area contributed by atoms with Crippen LogP contribution in [0.25, 0.3) is 0 Å². The van der Waals surface area contributed by atoms with E-state index in [1.807, 2.05) is 19.1 Å². The van der Waals surface area contributed by atoms with Crippen molar-refractivity contribution in [2.45, 2.75) is 29.4 Å². The van der Waals surface area contributed by atoms with Gasteiger partial charge in [0.2, 0.25) is 0 Å². The maximum atomic E-state index is 11.2. The molecule has 0 fully saturated rings. The molecule has 0 aliphatic heterocycles. The van der Waals surface area contributed by atoms with Gasteiger partial charge in [0.1, 0.15) is 0 Å². The second kappa shape index (κ2) is 5.36. The summed E-state index contributed by atoms with van der Waals surface area (Å²) in [7, 11) is 1.67.